The van der Waals surface area contributed by atoms with E-state index in [2.05, 4.69) is 20.8 Å². The van der Waals surface area contributed by atoms with Gasteiger partial charge in [-0.15, -0.1) is 0 Å². The third-order valence-corrected chi connectivity index (χ3v) is 4.31. The topological polar surface area (TPSA) is 54.4 Å². The van der Waals surface area contributed by atoms with Crippen LogP contribution in [-0.4, -0.2) is 17.4 Å². The Morgan fingerprint density at radius 2 is 1.13 bits per heavy atom. The maximum atomic E-state index is 10.8. The van der Waals surface area contributed by atoms with Gasteiger partial charge in [0.2, 0.25) is 0 Å². The fourth-order valence-electron chi connectivity index (χ4n) is 2.46. The largest absolute Gasteiger partial charge is 2.00 e. The van der Waals surface area contributed by atoms with Gasteiger partial charge in [0.1, 0.15) is 6.29 Å². The van der Waals surface area contributed by atoms with Gasteiger partial charge in [-0.3, -0.25) is 4.79 Å². The summed E-state index contributed by atoms with van der Waals surface area (Å²) >= 11 is 0. The summed E-state index contributed by atoms with van der Waals surface area (Å²) < 4.78 is 59.2. The monoisotopic (exact) mass is 500 g/mol. The number of carbonyl (C=O) groups is 2. The van der Waals surface area contributed by atoms with Crippen LogP contribution in [0.2, 0.25) is 0 Å². The van der Waals surface area contributed by atoms with Gasteiger partial charge in [-0.2, -0.15) is 0 Å². The van der Waals surface area contributed by atoms with E-state index in [4.69, 9.17) is 5.11 Å². The van der Waals surface area contributed by atoms with Crippen molar-refractivity contribution in [2.24, 2.45) is 0 Å². The Hall–Kier alpha value is -1.11. The molecule has 0 heterocycles. The summed E-state index contributed by atoms with van der Waals surface area (Å²) in [7, 11) is -10.7. The third kappa shape index (κ3) is 14.0. The van der Waals surface area contributed by atoms with E-state index in [1.54, 1.807) is 12.8 Å². The van der Waals surface area contributed by atoms with Crippen molar-refractivity contribution in [3.8, 4) is 0 Å². The van der Waals surface area contributed by atoms with Gasteiger partial charge in [-0.05, 0) is 93.7 Å². The molecule has 1 aromatic carbocycles. The molecule has 1 N–H and O–H groups in total. The number of hydrogen-bond donors (Lipinski definition) is 1. The van der Waals surface area contributed by atoms with Crippen LogP contribution < -0.4 is 0 Å². The summed E-state index contributed by atoms with van der Waals surface area (Å²) in [5.74, 6) is -0.0103. The van der Waals surface area contributed by atoms with Gasteiger partial charge < -0.3 is 9.90 Å². The van der Waals surface area contributed by atoms with Gasteiger partial charge in [0, 0.05) is 5.92 Å². The molecule has 0 saturated heterocycles. The van der Waals surface area contributed by atoms with Crippen molar-refractivity contribution in [1.82, 2.24) is 0 Å². The van der Waals surface area contributed by atoms with Crippen LogP contribution in [0.25, 0.3) is 0 Å². The zero-order valence-corrected chi connectivity index (χ0v) is 18.9. The second-order valence-electron chi connectivity index (χ2n) is 6.47. The minimum absolute atomic E-state index is 0. The average molecular weight is 500 g/mol. The standard InChI is InChI=1S/C13H18O2.C6H5O.F6P.Fe/c1-7-8(2)10(4)12(6-13(14)15)11(5)9(7)3;7-5-6-3-1-2-4-6;1-7(2,3,4,5)6;/h6H2,1-5H3,(H,14,15);1-5H;;/q;;-1;+2. The smallest absolute Gasteiger partial charge is 0.303 e. The Morgan fingerprint density at radius 1 is 0.833 bits per heavy atom. The molecule has 2 rings (SSSR count). The quantitative estimate of drug-likeness (QED) is 0.214. The summed E-state index contributed by atoms with van der Waals surface area (Å²) in [5.41, 5.74) is 6.93. The SMILES string of the molecule is Cc1c(C)c(C)c(CC(=O)O)c(C)c1C.F[P-](F)(F)(F)(F)F.O=C[C]1[CH][CH][CH][CH]1.[Fe+2]. The molecule has 0 aliphatic heterocycles. The molecule has 1 aliphatic carbocycles. The summed E-state index contributed by atoms with van der Waals surface area (Å²) in [6, 6.07) is 0. The van der Waals surface area contributed by atoms with Crippen molar-refractivity contribution < 1.29 is 56.9 Å². The maximum Gasteiger partial charge on any atom is 2.00 e. The molecule has 30 heavy (non-hydrogen) atoms. The number of carboxylic acid groups (broad SMARTS) is 1. The van der Waals surface area contributed by atoms with Crippen LogP contribution in [0.4, 0.5) is 25.2 Å². The molecule has 3 nitrogen and oxygen atoms in total. The molecule has 0 amide bonds. The molecule has 1 aliphatic rings. The van der Waals surface area contributed by atoms with Gasteiger partial charge in [0.15, 0.2) is 0 Å². The molecule has 0 bridgehead atoms. The van der Waals surface area contributed by atoms with Crippen LogP contribution in [-0.2, 0) is 33.1 Å². The van der Waals surface area contributed by atoms with E-state index in [0.29, 0.717) is 0 Å². The third-order valence-electron chi connectivity index (χ3n) is 4.31. The Balaban J connectivity index is 0. The van der Waals surface area contributed by atoms with E-state index < -0.39 is 13.8 Å². The molecule has 11 heteroatoms. The molecule has 0 atom stereocenters. The van der Waals surface area contributed by atoms with Crippen LogP contribution in [0, 0.1) is 66.2 Å². The van der Waals surface area contributed by atoms with Crippen molar-refractivity contribution in [3.63, 3.8) is 0 Å². The number of halogens is 6. The van der Waals surface area contributed by atoms with Crippen molar-refractivity contribution in [1.29, 1.82) is 0 Å². The summed E-state index contributed by atoms with van der Waals surface area (Å²) in [6.45, 7) is 10.2. The van der Waals surface area contributed by atoms with Crippen LogP contribution in [0.1, 0.15) is 33.4 Å². The van der Waals surface area contributed by atoms with E-state index in [1.807, 2.05) is 26.7 Å². The van der Waals surface area contributed by atoms with E-state index in [9.17, 15) is 34.8 Å². The minimum Gasteiger partial charge on any atom is -0.303 e. The number of hydrogen-bond acceptors (Lipinski definition) is 2. The van der Waals surface area contributed by atoms with Crippen LogP contribution in [0.15, 0.2) is 0 Å². The Labute approximate surface area is 183 Å². The van der Waals surface area contributed by atoms with Gasteiger partial charge >= 0.3 is 56.0 Å². The minimum atomic E-state index is -10.7. The van der Waals surface area contributed by atoms with Crippen LogP contribution >= 0.6 is 7.81 Å². The first-order valence-electron chi connectivity index (χ1n) is 8.25. The van der Waals surface area contributed by atoms with Crippen molar-refractivity contribution >= 4 is 20.1 Å². The summed E-state index contributed by atoms with van der Waals surface area (Å²) in [4.78, 5) is 20.6. The van der Waals surface area contributed by atoms with E-state index >= 15 is 0 Å². The molecule has 0 spiro atoms. The Kier molecular flexibility index (Phi) is 10.8. The first-order valence-corrected chi connectivity index (χ1v) is 10.3. The maximum absolute atomic E-state index is 10.8. The zero-order valence-electron chi connectivity index (χ0n) is 16.9. The van der Waals surface area contributed by atoms with E-state index in [0.717, 1.165) is 28.9 Å². The molecule has 1 fully saturated rings. The van der Waals surface area contributed by atoms with Gasteiger partial charge in [-0.1, -0.05) is 0 Å². The molecule has 1 aromatic rings. The summed E-state index contributed by atoms with van der Waals surface area (Å²) in [5, 5.41) is 8.87. The Bertz CT molecular complexity index is 717. The molecule has 1 saturated carbocycles. The number of rotatable bonds is 3. The fraction of sp³-hybridized carbons (Fsp3) is 0.316. The van der Waals surface area contributed by atoms with E-state index in [-0.39, 0.29) is 23.5 Å². The first-order chi connectivity index (χ1) is 12.7. The number of aldehydes is 1. The van der Waals surface area contributed by atoms with E-state index in [1.165, 1.54) is 16.7 Å². The van der Waals surface area contributed by atoms with Crippen molar-refractivity contribution in [2.75, 3.05) is 0 Å². The number of aliphatic carboxylic acids is 1. The van der Waals surface area contributed by atoms with Crippen molar-refractivity contribution in [3.05, 3.63) is 65.0 Å². The van der Waals surface area contributed by atoms with Crippen LogP contribution in [0.3, 0.4) is 0 Å². The molecule has 0 unspecified atom stereocenters. The predicted octanol–water partition coefficient (Wildman–Crippen LogP) is 6.83. The zero-order chi connectivity index (χ0) is 23.3. The normalized spacial score (nSPS) is 16.0. The number of carbonyl (C=O) groups excluding carboxylic acids is 1. The second-order valence-corrected chi connectivity index (χ2v) is 8.39. The second kappa shape index (κ2) is 10.5. The molecular weight excluding hydrogens is 477 g/mol. The van der Waals surface area contributed by atoms with Crippen LogP contribution in [0.5, 0.6) is 0 Å². The van der Waals surface area contributed by atoms with Gasteiger partial charge in [-0.25, -0.2) is 0 Å². The molecular formula is C19H23F6FeO3P+. The number of carboxylic acids is 1. The van der Waals surface area contributed by atoms with Gasteiger partial charge in [0.05, 0.1) is 6.42 Å². The predicted molar refractivity (Wildman–Crippen MR) is 102 cm³/mol. The molecule has 171 valence electrons. The van der Waals surface area contributed by atoms with Crippen molar-refractivity contribution in [2.45, 2.75) is 41.0 Å². The summed E-state index contributed by atoms with van der Waals surface area (Å²) in [6.07, 6.45) is 8.17. The molecule has 0 aromatic heterocycles. The average Bonchev–Trinajstić information content (AvgIpc) is 3.06. The first kappa shape index (κ1) is 31.1. The fourth-order valence-corrected chi connectivity index (χ4v) is 2.46. The number of benzene rings is 1. The molecule has 5 radical (unpaired) electrons. The Morgan fingerprint density at radius 3 is 1.37 bits per heavy atom. The van der Waals surface area contributed by atoms with Gasteiger partial charge in [0.25, 0.3) is 0 Å².